The number of likely N-dealkylation sites (tertiary alicyclic amines) is 1. The summed E-state index contributed by atoms with van der Waals surface area (Å²) < 4.78 is 0. The standard InChI is InChI=1S/C29H33N5O2/c35-26(13-12-24-8-3-1-4-9-24)32-18-14-29(15-19-32,25-10-5-2-6-11-25)27(36)33-20-22-34(23-21-33)28-30-16-7-17-31-28/h1-11,16-17H,12-15,18-23H2. The lowest BCUT2D eigenvalue weighted by molar-refractivity contribution is -0.143. The number of carbonyl (C=O) groups is 2. The molecule has 0 N–H and O–H groups in total. The van der Waals surface area contributed by atoms with Crippen molar-refractivity contribution in [3.63, 3.8) is 0 Å². The summed E-state index contributed by atoms with van der Waals surface area (Å²) >= 11 is 0. The zero-order valence-electron chi connectivity index (χ0n) is 20.6. The molecule has 3 aromatic rings. The summed E-state index contributed by atoms with van der Waals surface area (Å²) in [6, 6.07) is 22.1. The summed E-state index contributed by atoms with van der Waals surface area (Å²) in [6.45, 7) is 3.92. The van der Waals surface area contributed by atoms with Crippen molar-refractivity contribution < 1.29 is 9.59 Å². The predicted octanol–water partition coefficient (Wildman–Crippen LogP) is 3.32. The number of benzene rings is 2. The minimum Gasteiger partial charge on any atom is -0.343 e. The molecule has 3 heterocycles. The van der Waals surface area contributed by atoms with Crippen LogP contribution in [0.25, 0.3) is 0 Å². The van der Waals surface area contributed by atoms with E-state index in [1.54, 1.807) is 12.4 Å². The van der Waals surface area contributed by atoms with Crippen LogP contribution < -0.4 is 4.90 Å². The molecule has 0 atom stereocenters. The molecule has 2 aliphatic rings. The fourth-order valence-electron chi connectivity index (χ4n) is 5.44. The highest BCUT2D eigenvalue weighted by Gasteiger charge is 2.46. The molecule has 36 heavy (non-hydrogen) atoms. The second-order valence-corrected chi connectivity index (χ2v) is 9.64. The van der Waals surface area contributed by atoms with Gasteiger partial charge < -0.3 is 14.7 Å². The minimum atomic E-state index is -0.594. The van der Waals surface area contributed by atoms with Gasteiger partial charge in [0.15, 0.2) is 0 Å². The molecule has 2 amide bonds. The van der Waals surface area contributed by atoms with E-state index in [4.69, 9.17) is 0 Å². The van der Waals surface area contributed by atoms with Gasteiger partial charge in [-0.1, -0.05) is 60.7 Å². The quantitative estimate of drug-likeness (QED) is 0.538. The lowest BCUT2D eigenvalue weighted by Crippen LogP contribution is -2.58. The van der Waals surface area contributed by atoms with Crippen LogP contribution in [-0.2, 0) is 21.4 Å². The second kappa shape index (κ2) is 10.9. The molecule has 2 saturated heterocycles. The Bertz CT molecular complexity index is 1140. The fourth-order valence-corrected chi connectivity index (χ4v) is 5.44. The number of piperidine rings is 1. The number of hydrogen-bond acceptors (Lipinski definition) is 5. The Kier molecular flexibility index (Phi) is 7.26. The van der Waals surface area contributed by atoms with Crippen molar-refractivity contribution in [2.45, 2.75) is 31.1 Å². The molecule has 5 rings (SSSR count). The first-order valence-corrected chi connectivity index (χ1v) is 12.8. The van der Waals surface area contributed by atoms with Gasteiger partial charge in [-0.15, -0.1) is 0 Å². The van der Waals surface area contributed by atoms with Crippen LogP contribution in [0.15, 0.2) is 79.1 Å². The van der Waals surface area contributed by atoms with Gasteiger partial charge in [-0.3, -0.25) is 9.59 Å². The molecule has 0 unspecified atom stereocenters. The Morgan fingerprint density at radius 1 is 0.722 bits per heavy atom. The minimum absolute atomic E-state index is 0.171. The number of amides is 2. The third kappa shape index (κ3) is 5.10. The van der Waals surface area contributed by atoms with Crippen molar-refractivity contribution in [2.24, 2.45) is 0 Å². The SMILES string of the molecule is O=C(CCc1ccccc1)N1CCC(C(=O)N2CCN(c3ncccn3)CC2)(c2ccccc2)CC1. The van der Waals surface area contributed by atoms with Crippen molar-refractivity contribution in [1.82, 2.24) is 19.8 Å². The zero-order chi connectivity index (χ0) is 24.8. The number of nitrogens with zero attached hydrogens (tertiary/aromatic N) is 5. The van der Waals surface area contributed by atoms with E-state index in [0.717, 1.165) is 12.0 Å². The number of hydrogen-bond donors (Lipinski definition) is 0. The van der Waals surface area contributed by atoms with Crippen molar-refractivity contribution in [3.05, 3.63) is 90.3 Å². The molecule has 0 radical (unpaired) electrons. The highest BCUT2D eigenvalue weighted by atomic mass is 16.2. The van der Waals surface area contributed by atoms with Crippen molar-refractivity contribution in [3.8, 4) is 0 Å². The van der Waals surface area contributed by atoms with Crippen LogP contribution in [0.1, 0.15) is 30.4 Å². The molecule has 2 fully saturated rings. The Morgan fingerprint density at radius 2 is 1.33 bits per heavy atom. The average Bonchev–Trinajstić information content (AvgIpc) is 2.97. The van der Waals surface area contributed by atoms with E-state index < -0.39 is 5.41 Å². The van der Waals surface area contributed by atoms with Gasteiger partial charge in [0.1, 0.15) is 0 Å². The molecule has 0 saturated carbocycles. The number of carbonyl (C=O) groups excluding carboxylic acids is 2. The van der Waals surface area contributed by atoms with E-state index in [2.05, 4.69) is 39.1 Å². The van der Waals surface area contributed by atoms with Crippen LogP contribution in [0.2, 0.25) is 0 Å². The molecule has 2 aliphatic heterocycles. The lowest BCUT2D eigenvalue weighted by Gasteiger charge is -2.45. The van der Waals surface area contributed by atoms with Gasteiger partial charge in [-0.05, 0) is 36.5 Å². The van der Waals surface area contributed by atoms with Crippen LogP contribution in [0.4, 0.5) is 5.95 Å². The summed E-state index contributed by atoms with van der Waals surface area (Å²) in [4.78, 5) is 41.8. The smallest absolute Gasteiger partial charge is 0.233 e. The monoisotopic (exact) mass is 483 g/mol. The van der Waals surface area contributed by atoms with Gasteiger partial charge in [-0.25, -0.2) is 9.97 Å². The van der Waals surface area contributed by atoms with Crippen molar-refractivity contribution in [1.29, 1.82) is 0 Å². The Hall–Kier alpha value is -3.74. The third-order valence-electron chi connectivity index (χ3n) is 7.58. The van der Waals surface area contributed by atoms with Gasteiger partial charge >= 0.3 is 0 Å². The van der Waals surface area contributed by atoms with E-state index in [9.17, 15) is 9.59 Å². The van der Waals surface area contributed by atoms with Crippen LogP contribution in [-0.4, -0.2) is 70.9 Å². The van der Waals surface area contributed by atoms with Crippen LogP contribution >= 0.6 is 0 Å². The number of aryl methyl sites for hydroxylation is 1. The van der Waals surface area contributed by atoms with Gasteiger partial charge in [0.25, 0.3) is 0 Å². The van der Waals surface area contributed by atoms with Gasteiger partial charge in [0, 0.05) is 58.1 Å². The molecular weight excluding hydrogens is 450 g/mol. The molecule has 0 aliphatic carbocycles. The first-order valence-electron chi connectivity index (χ1n) is 12.8. The first kappa shape index (κ1) is 24.0. The molecule has 1 aromatic heterocycles. The topological polar surface area (TPSA) is 69.6 Å². The number of piperazine rings is 1. The summed E-state index contributed by atoms with van der Waals surface area (Å²) in [5.74, 6) is 1.06. The van der Waals surface area contributed by atoms with E-state index in [1.165, 1.54) is 5.56 Å². The van der Waals surface area contributed by atoms with Gasteiger partial charge in [-0.2, -0.15) is 0 Å². The van der Waals surface area contributed by atoms with E-state index in [-0.39, 0.29) is 11.8 Å². The molecule has 0 bridgehead atoms. The molecular formula is C29H33N5O2. The van der Waals surface area contributed by atoms with Gasteiger partial charge in [0.05, 0.1) is 5.41 Å². The first-order chi connectivity index (χ1) is 17.7. The maximum Gasteiger partial charge on any atom is 0.233 e. The zero-order valence-corrected chi connectivity index (χ0v) is 20.6. The number of rotatable bonds is 6. The summed E-state index contributed by atoms with van der Waals surface area (Å²) in [5.41, 5.74) is 1.64. The van der Waals surface area contributed by atoms with E-state index in [1.807, 2.05) is 52.3 Å². The molecule has 0 spiro atoms. The Morgan fingerprint density at radius 3 is 1.97 bits per heavy atom. The lowest BCUT2D eigenvalue weighted by atomic mass is 9.71. The Balaban J connectivity index is 1.25. The molecule has 2 aromatic carbocycles. The van der Waals surface area contributed by atoms with Gasteiger partial charge in [0.2, 0.25) is 17.8 Å². The van der Waals surface area contributed by atoms with Crippen molar-refractivity contribution in [2.75, 3.05) is 44.2 Å². The normalized spacial score (nSPS) is 17.6. The van der Waals surface area contributed by atoms with Crippen molar-refractivity contribution >= 4 is 17.8 Å². The Labute approximate surface area is 212 Å². The maximum absolute atomic E-state index is 14.1. The highest BCUT2D eigenvalue weighted by molar-refractivity contribution is 5.89. The van der Waals surface area contributed by atoms with E-state index in [0.29, 0.717) is 64.5 Å². The average molecular weight is 484 g/mol. The van der Waals surface area contributed by atoms with Crippen LogP contribution in [0.3, 0.4) is 0 Å². The third-order valence-corrected chi connectivity index (χ3v) is 7.58. The van der Waals surface area contributed by atoms with E-state index >= 15 is 0 Å². The summed E-state index contributed by atoms with van der Waals surface area (Å²) in [6.07, 6.45) is 6.04. The summed E-state index contributed by atoms with van der Waals surface area (Å²) in [7, 11) is 0. The molecule has 7 nitrogen and oxygen atoms in total. The summed E-state index contributed by atoms with van der Waals surface area (Å²) in [5, 5.41) is 0. The number of anilines is 1. The molecule has 7 heteroatoms. The fraction of sp³-hybridized carbons (Fsp3) is 0.379. The van der Waals surface area contributed by atoms with Crippen LogP contribution in [0, 0.1) is 0 Å². The molecule has 186 valence electrons. The van der Waals surface area contributed by atoms with Crippen LogP contribution in [0.5, 0.6) is 0 Å². The highest BCUT2D eigenvalue weighted by Crippen LogP contribution is 2.38. The maximum atomic E-state index is 14.1. The predicted molar refractivity (Wildman–Crippen MR) is 140 cm³/mol. The number of aromatic nitrogens is 2. The second-order valence-electron chi connectivity index (χ2n) is 9.64. The largest absolute Gasteiger partial charge is 0.343 e.